The molecule has 3 aliphatic rings. The number of carboxylic acids is 2. The summed E-state index contributed by atoms with van der Waals surface area (Å²) in [5, 5.41) is 113. The van der Waals surface area contributed by atoms with Crippen molar-refractivity contribution in [3.63, 3.8) is 0 Å². The van der Waals surface area contributed by atoms with Crippen LogP contribution in [0, 0.1) is 5.41 Å². The van der Waals surface area contributed by atoms with Gasteiger partial charge in [-0.25, -0.2) is 5.10 Å². The van der Waals surface area contributed by atoms with Crippen molar-refractivity contribution in [3.05, 3.63) is 120 Å². The number of carbonyl (C=O) groups is 18. The summed E-state index contributed by atoms with van der Waals surface area (Å²) in [6.45, 7) is 0.288. The minimum atomic E-state index is -2.13. The van der Waals surface area contributed by atoms with Crippen LogP contribution in [0.25, 0.3) is 0 Å². The van der Waals surface area contributed by atoms with Crippen LogP contribution in [0.2, 0.25) is 0 Å². The van der Waals surface area contributed by atoms with Crippen LogP contribution < -0.4 is 97.0 Å². The number of phenolic OH excluding ortho intramolecular Hbond substituents is 1. The molecule has 3 aromatic rings. The summed E-state index contributed by atoms with van der Waals surface area (Å²) in [5.74, 6) is -19.0. The van der Waals surface area contributed by atoms with Crippen LogP contribution >= 0.6 is 0 Å². The van der Waals surface area contributed by atoms with Gasteiger partial charge in [-0.05, 0) is 109 Å². The van der Waals surface area contributed by atoms with Crippen molar-refractivity contribution in [2.24, 2.45) is 17.2 Å². The standard InChI is InChI=1S/C98H149N25O25/c1-3-4-30-69(88(137)113-72-40-42-82(129)104-44-25-23-31-68(87(100)136)109-93(142)75(52-65-54-103-43-24-17-18-27-62(65)2)115-89(138)70(32-26-45-106-98(101)102)110-91(140)74(50-63-28-19-16-20-29-63)116-96(145)78-53-67(126)56-123(78)97(72)146)111-94(143)76(57-122(58-85(132)133)59-86(134)135)117-92(141)73(51-64-35-37-66(125)38-36-64)114-90(139)71(39-41-79(99)127)112-95(144)77(60-124)108-83(130)55-107-84(131)61-148-49-48-147-47-46-105-81(128)34-22-15-13-11-9-7-5-6-8-10-12-14-21-33-80-118-120-121-119-80/h16-20,24,27-29,35-38,54,67-78,103,124-126H,2-15,21-23,25-26,30-34,39-53,55-61H2,1H3,(H2,99,127)(H2,100,136)(H,104,129)(H,105,128)(H,107,131)(H,108,130)(H,109,142)(H,110,140)(H,111,143)(H,112,144)(H,113,137)(H,114,139)(H,115,138)(H,116,145)(H,117,141)(H,132,133)(H,134,135)(H4,101,102,106)(H,118,119,120,121)/b24-17-,27-18-,65-54?/t67-,68+,69+,70+,71+,72+,73+,74-,75-,76+,77+,78+/m1/s1. The number of aryl methyl sites for hydroxylation is 1. The number of hydrogen-bond acceptors (Lipinski definition) is 29. The smallest absolute Gasteiger partial charge is 0.317 e. The molecule has 2 fully saturated rings. The molecule has 2 aromatic carbocycles. The number of guanidine groups is 1. The summed E-state index contributed by atoms with van der Waals surface area (Å²) in [6, 6.07) is -5.82. The topological polar surface area (TPSA) is 770 Å². The predicted molar refractivity (Wildman–Crippen MR) is 537 cm³/mol. The number of aliphatic hydroxyl groups excluding tert-OH is 2. The van der Waals surface area contributed by atoms with Crippen LogP contribution in [-0.4, -0.2) is 333 Å². The number of nitrogens with zero attached hydrogens (tertiary/aromatic N) is 5. The number of allylic oxidation sites excluding steroid dienone is 4. The number of aromatic amines is 1. The molecule has 148 heavy (non-hydrogen) atoms. The van der Waals surface area contributed by atoms with Crippen LogP contribution in [0.15, 0.2) is 103 Å². The first-order valence-electron chi connectivity index (χ1n) is 50.4. The molecule has 3 aliphatic heterocycles. The second-order valence-corrected chi connectivity index (χ2v) is 36.5. The zero-order valence-electron chi connectivity index (χ0n) is 83.9. The number of fused-ring (bicyclic) bond motifs is 1. The van der Waals surface area contributed by atoms with Gasteiger partial charge in [-0.15, -0.1) is 5.10 Å². The van der Waals surface area contributed by atoms with Crippen molar-refractivity contribution in [2.75, 3.05) is 91.9 Å². The Balaban J connectivity index is 1.17. The molecule has 0 radical (unpaired) electrons. The number of H-pyrrole nitrogens is 1. The van der Waals surface area contributed by atoms with Gasteiger partial charge in [-0.1, -0.05) is 164 Å². The molecule has 2 saturated heterocycles. The Kier molecular flexibility index (Phi) is 56.9. The number of nitrogens with two attached hydrogens (primary N) is 3. The molecule has 50 heteroatoms. The normalized spacial score (nSPS) is 19.1. The summed E-state index contributed by atoms with van der Waals surface area (Å²) in [4.78, 5) is 254. The number of rotatable bonds is 61. The second-order valence-electron chi connectivity index (χ2n) is 36.5. The van der Waals surface area contributed by atoms with Crippen LogP contribution in [0.4, 0.5) is 0 Å². The fourth-order valence-corrected chi connectivity index (χ4v) is 16.3. The molecule has 0 aliphatic carbocycles. The van der Waals surface area contributed by atoms with Crippen molar-refractivity contribution in [1.29, 1.82) is 5.41 Å². The number of carbonyl (C=O) groups excluding carboxylic acids is 16. The average molecular weight is 2080 g/mol. The number of tetrazole rings is 1. The molecular weight excluding hydrogens is 1930 g/mol. The van der Waals surface area contributed by atoms with E-state index in [-0.39, 0.29) is 114 Å². The molecule has 1 aromatic heterocycles. The zero-order chi connectivity index (χ0) is 108. The highest BCUT2D eigenvalue weighted by Crippen LogP contribution is 2.25. The highest BCUT2D eigenvalue weighted by atomic mass is 16.5. The third kappa shape index (κ3) is 49.2. The maximum atomic E-state index is 15.5. The molecule has 0 unspecified atom stereocenters. The second kappa shape index (κ2) is 68.9. The van der Waals surface area contributed by atoms with Gasteiger partial charge >= 0.3 is 11.9 Å². The number of aliphatic carboxylic acids is 2. The zero-order valence-corrected chi connectivity index (χ0v) is 83.9. The van der Waals surface area contributed by atoms with E-state index in [0.717, 1.165) is 49.2 Å². The lowest BCUT2D eigenvalue weighted by Gasteiger charge is -2.31. The number of amides is 16. The number of hydrogen-bond donors (Lipinski definition) is 25. The van der Waals surface area contributed by atoms with E-state index < -0.39 is 264 Å². The van der Waals surface area contributed by atoms with Gasteiger partial charge in [0.15, 0.2) is 5.96 Å². The van der Waals surface area contributed by atoms with Gasteiger partial charge in [0.1, 0.15) is 84.6 Å². The highest BCUT2D eigenvalue weighted by molar-refractivity contribution is 6.01. The summed E-state index contributed by atoms with van der Waals surface area (Å²) < 4.78 is 10.9. The van der Waals surface area contributed by atoms with Crippen molar-refractivity contribution in [2.45, 2.75) is 279 Å². The number of primary amides is 2. The quantitative estimate of drug-likeness (QED) is 0.0150. The van der Waals surface area contributed by atoms with Crippen LogP contribution in [0.3, 0.4) is 0 Å². The lowest BCUT2D eigenvalue weighted by Crippen LogP contribution is -2.62. The molecule has 0 saturated carbocycles. The van der Waals surface area contributed by atoms with E-state index in [1.165, 1.54) is 75.6 Å². The third-order valence-electron chi connectivity index (χ3n) is 24.4. The molecule has 16 amide bonds. The molecule has 6 rings (SSSR count). The Morgan fingerprint density at radius 3 is 1.86 bits per heavy atom. The number of ether oxygens (including phenoxy) is 2. The minimum Gasteiger partial charge on any atom is -0.508 e. The summed E-state index contributed by atoms with van der Waals surface area (Å²) in [6.07, 6.45) is 19.2. The van der Waals surface area contributed by atoms with E-state index in [9.17, 15) is 83.1 Å². The van der Waals surface area contributed by atoms with Gasteiger partial charge < -0.3 is 137 Å². The fraction of sp³-hybridized carbons (Fsp3) is 0.592. The third-order valence-corrected chi connectivity index (χ3v) is 24.4. The SMILES string of the molecule is C=C1/C=C\C=C/CNC=C1C[C@H]1NC(=O)[C@H](CCCNC(=N)N)NC(=O)[C@@H](Cc2ccccc2)NC(=O)[C@@H]2C[C@@H](O)CN2C(=O)[C@@H](NC(=O)[C@H](CCCC)NC(=O)[C@H](CN(CC(=O)O)CC(=O)O)NC(=O)[C@H](Cc2ccc(O)cc2)NC(=O)[C@H](CCC(N)=O)NC(=O)[C@H](CO)NC(=O)CNC(=O)COCCOCCNC(=O)CCCCCCCCCCCCCCCc2nnn[nH]2)CCC(=O)NCCCC[C@@H](C(N)=O)NC1=O. The van der Waals surface area contributed by atoms with Crippen LogP contribution in [-0.2, 0) is 115 Å². The predicted octanol–water partition coefficient (Wildman–Crippen LogP) is -3.24. The van der Waals surface area contributed by atoms with Crippen molar-refractivity contribution in [3.8, 4) is 5.75 Å². The van der Waals surface area contributed by atoms with Crippen molar-refractivity contribution in [1.82, 2.24) is 110 Å². The van der Waals surface area contributed by atoms with Crippen molar-refractivity contribution >= 4 is 112 Å². The molecule has 0 bridgehead atoms. The maximum absolute atomic E-state index is 15.5. The number of aromatic hydroxyl groups is 1. The number of aromatic nitrogens is 4. The molecule has 50 nitrogen and oxygen atoms in total. The van der Waals surface area contributed by atoms with Gasteiger partial charge in [0.2, 0.25) is 94.5 Å². The number of unbranched alkanes of at least 4 members (excludes halogenated alkanes) is 13. The van der Waals surface area contributed by atoms with E-state index in [1.807, 2.05) is 6.08 Å². The monoisotopic (exact) mass is 2080 g/mol. The van der Waals surface area contributed by atoms with Gasteiger partial charge in [0, 0.05) is 96.8 Å². The van der Waals surface area contributed by atoms with E-state index in [2.05, 4.69) is 107 Å². The number of aliphatic hydroxyl groups is 2. The Hall–Kier alpha value is -14.4. The van der Waals surface area contributed by atoms with E-state index in [0.29, 0.717) is 41.0 Å². The Morgan fingerprint density at radius 1 is 0.608 bits per heavy atom. The minimum absolute atomic E-state index is 0.00571. The first kappa shape index (κ1) is 122. The maximum Gasteiger partial charge on any atom is 0.317 e. The molecule has 28 N–H and O–H groups in total. The summed E-state index contributed by atoms with van der Waals surface area (Å²) in [7, 11) is 0. The Morgan fingerprint density at radius 2 is 1.22 bits per heavy atom. The fourth-order valence-electron chi connectivity index (χ4n) is 16.3. The average Bonchev–Trinajstić information content (AvgIpc) is 1.63. The lowest BCUT2D eigenvalue weighted by molar-refractivity contribution is -0.144. The van der Waals surface area contributed by atoms with E-state index in [1.54, 1.807) is 61.7 Å². The highest BCUT2D eigenvalue weighted by Gasteiger charge is 2.45. The number of nitrogens with one attached hydrogen (secondary N) is 17. The summed E-state index contributed by atoms with van der Waals surface area (Å²) in [5.41, 5.74) is 18.5. The first-order chi connectivity index (χ1) is 71.0. The van der Waals surface area contributed by atoms with Crippen LogP contribution in [0.5, 0.6) is 5.75 Å². The number of phenols is 1. The molecule has 816 valence electrons. The molecule has 12 atom stereocenters. The Bertz CT molecular complexity index is 4900. The van der Waals surface area contributed by atoms with Crippen molar-refractivity contribution < 1.29 is 121 Å². The molecule has 0 spiro atoms. The first-order valence-corrected chi connectivity index (χ1v) is 50.4. The summed E-state index contributed by atoms with van der Waals surface area (Å²) >= 11 is 0. The van der Waals surface area contributed by atoms with Gasteiger partial charge in [-0.3, -0.25) is 96.6 Å². The number of benzene rings is 2. The Labute approximate surface area is 858 Å². The van der Waals surface area contributed by atoms with Gasteiger partial charge in [-0.2, -0.15) is 0 Å². The van der Waals surface area contributed by atoms with Crippen LogP contribution in [0.1, 0.15) is 204 Å². The molecule has 4 heterocycles. The number of carboxylic acid groups (broad SMARTS) is 2. The molecular formula is C98H149N25O25. The van der Waals surface area contributed by atoms with E-state index >= 15 is 28.8 Å². The lowest BCUT2D eigenvalue weighted by atomic mass is 9.98. The van der Waals surface area contributed by atoms with E-state index in [4.69, 9.17) is 32.1 Å². The largest absolute Gasteiger partial charge is 0.508 e. The van der Waals surface area contributed by atoms with Gasteiger partial charge in [0.25, 0.3) is 0 Å². The van der Waals surface area contributed by atoms with Gasteiger partial charge in [0.05, 0.1) is 52.2 Å².